The zero-order valence-corrected chi connectivity index (χ0v) is 59.3. The molecule has 8 amide bonds. The maximum Gasteiger partial charge on any atom is 0.327 e. The molecule has 0 atom stereocenters. The van der Waals surface area contributed by atoms with Crippen molar-refractivity contribution in [2.45, 2.75) is 62.8 Å². The quantitative estimate of drug-likeness (QED) is 0.0248. The van der Waals surface area contributed by atoms with Crippen LogP contribution < -0.4 is 20.0 Å². The standard InChI is InChI=1S/2C36H36N4O4.3C3H4O2.CH4/c2*1-5-37(6-2)17-19-39-33(41)25-13-9-21-23-11-15-27-32-28(36(44)40(35(27)43)20-18-38(7-3)8-4)16-12-24(30(23)32)22-10-14-26(34(39)42)31(25)29(21)22;3*1-2-3(4)5;/h2*9-16H,5-8,17-20H2,1-4H3;3*2H,1H2,(H,4,5);1H4. The second-order valence-electron chi connectivity index (χ2n) is 25.4. The summed E-state index contributed by atoms with van der Waals surface area (Å²) in [6.45, 7) is 36.8. The highest BCUT2D eigenvalue weighted by atomic mass is 16.4. The van der Waals surface area contributed by atoms with Gasteiger partial charge in [0, 0.05) is 98.3 Å². The number of hydrogen-bond donors (Lipinski definition) is 3. The Bertz CT molecular complexity index is 4290. The minimum Gasteiger partial charge on any atom is -0.545 e. The summed E-state index contributed by atoms with van der Waals surface area (Å²) >= 11 is 0. The van der Waals surface area contributed by atoms with Gasteiger partial charge in [-0.25, -0.2) is 4.79 Å². The Kier molecular flexibility index (Phi) is 24.0. The van der Waals surface area contributed by atoms with Gasteiger partial charge in [-0.15, -0.1) is 0 Å². The lowest BCUT2D eigenvalue weighted by atomic mass is 9.82. The highest BCUT2D eigenvalue weighted by Gasteiger charge is 2.40. The fourth-order valence-electron chi connectivity index (χ4n) is 14.9. The number of carbonyl (C=O) groups excluding carboxylic acids is 10. The summed E-state index contributed by atoms with van der Waals surface area (Å²) in [7, 11) is 0. The van der Waals surface area contributed by atoms with Crippen LogP contribution in [0, 0.1) is 0 Å². The lowest BCUT2D eigenvalue weighted by Gasteiger charge is -2.31. The molecule has 14 rings (SSSR count). The summed E-state index contributed by atoms with van der Waals surface area (Å²) in [5.41, 5.74) is 4.29. The molecule has 4 aliphatic rings. The van der Waals surface area contributed by atoms with E-state index in [1.165, 1.54) is 29.4 Å². The SMILES string of the molecule is C.C=CC(=O)O.C=CC(=O)[O-].C=CC(=O)[O-].CCN(CC)CCN1C(=O)c2ccc3c4ccc5c6c(ccc(c7ccc(c2c37)C1=O)c64)C(=O)N(CCN(CC)CC)C5=O.CC[NH+](CC)CCN1C(=O)c2ccc3c4ccc5c6c(ccc(c7ccc(c2c37)C1=O)c64)C(=O)N(CC[NH+](CC)CC)C5=O. The molecule has 0 saturated carbocycles. The number of carbonyl (C=O) groups is 11. The van der Waals surface area contributed by atoms with Gasteiger partial charge in [0.1, 0.15) is 0 Å². The highest BCUT2D eigenvalue weighted by Crippen LogP contribution is 2.48. The number of nitrogens with one attached hydrogen (secondary N) is 2. The van der Waals surface area contributed by atoms with Gasteiger partial charge >= 0.3 is 5.97 Å². The summed E-state index contributed by atoms with van der Waals surface area (Å²) in [4.78, 5) is 150. The van der Waals surface area contributed by atoms with E-state index in [0.29, 0.717) is 118 Å². The van der Waals surface area contributed by atoms with Gasteiger partial charge < -0.3 is 44.5 Å². The van der Waals surface area contributed by atoms with E-state index >= 15 is 0 Å². The third-order valence-corrected chi connectivity index (χ3v) is 20.6. The van der Waals surface area contributed by atoms with Gasteiger partial charge in [-0.3, -0.25) is 58.0 Å². The van der Waals surface area contributed by atoms with Crippen molar-refractivity contribution < 1.29 is 77.9 Å². The number of rotatable bonds is 23. The first-order valence-electron chi connectivity index (χ1n) is 35.0. The summed E-state index contributed by atoms with van der Waals surface area (Å²) in [5.74, 6) is -5.53. The highest BCUT2D eigenvalue weighted by molar-refractivity contribution is 6.43. The van der Waals surface area contributed by atoms with Gasteiger partial charge in [0.05, 0.1) is 64.3 Å². The average Bonchev–Trinajstić information content (AvgIpc) is 0.697. The molecule has 0 spiro atoms. The number of amides is 8. The molecular weight excluding hydrogens is 1320 g/mol. The summed E-state index contributed by atoms with van der Waals surface area (Å²) in [6.07, 6.45) is 2.28. The summed E-state index contributed by atoms with van der Waals surface area (Å²) in [6, 6.07) is 30.3. The summed E-state index contributed by atoms with van der Waals surface area (Å²) < 4.78 is 0. The molecule has 0 fully saturated rings. The second-order valence-corrected chi connectivity index (χ2v) is 25.4. The van der Waals surface area contributed by atoms with Crippen molar-refractivity contribution in [2.24, 2.45) is 0 Å². The van der Waals surface area contributed by atoms with Crippen LogP contribution in [0.2, 0.25) is 0 Å². The molecular formula is C82H88N8O14. The molecule has 540 valence electrons. The van der Waals surface area contributed by atoms with Crippen LogP contribution in [0.1, 0.15) is 146 Å². The fraction of sp³-hybridized carbons (Fsp3) is 0.305. The smallest absolute Gasteiger partial charge is 0.327 e. The van der Waals surface area contributed by atoms with E-state index in [1.807, 2.05) is 97.1 Å². The first-order chi connectivity index (χ1) is 49.5. The molecule has 0 bridgehead atoms. The first kappa shape index (κ1) is 77.0. The normalized spacial score (nSPS) is 13.7. The zero-order chi connectivity index (χ0) is 74.6. The van der Waals surface area contributed by atoms with Gasteiger partial charge in [0.2, 0.25) is 0 Å². The number of fused-ring (bicyclic) bond motifs is 4. The Morgan fingerprint density at radius 3 is 0.663 bits per heavy atom. The second kappa shape index (κ2) is 32.4. The molecule has 0 aliphatic carbocycles. The van der Waals surface area contributed by atoms with Crippen molar-refractivity contribution in [3.8, 4) is 0 Å². The molecule has 104 heavy (non-hydrogen) atoms. The zero-order valence-electron chi connectivity index (χ0n) is 59.3. The van der Waals surface area contributed by atoms with Gasteiger partial charge in [0.15, 0.2) is 0 Å². The number of aliphatic carboxylic acids is 3. The number of benzene rings is 10. The monoisotopic (exact) mass is 1410 g/mol. The fourth-order valence-corrected chi connectivity index (χ4v) is 14.9. The van der Waals surface area contributed by atoms with Crippen LogP contribution in [-0.2, 0) is 14.4 Å². The number of hydrogen-bond acceptors (Lipinski definition) is 15. The van der Waals surface area contributed by atoms with E-state index in [-0.39, 0.29) is 54.7 Å². The molecule has 4 aliphatic heterocycles. The molecule has 3 N–H and O–H groups in total. The molecule has 22 nitrogen and oxygen atoms in total. The van der Waals surface area contributed by atoms with E-state index in [4.69, 9.17) is 24.9 Å². The Balaban J connectivity index is 0.000000200. The minimum absolute atomic E-state index is 0. The van der Waals surface area contributed by atoms with Crippen LogP contribution in [0.4, 0.5) is 0 Å². The first-order valence-corrected chi connectivity index (χ1v) is 35.0. The lowest BCUT2D eigenvalue weighted by molar-refractivity contribution is -0.895. The van der Waals surface area contributed by atoms with Gasteiger partial charge in [-0.05, 0) is 179 Å². The van der Waals surface area contributed by atoms with E-state index < -0.39 is 17.9 Å². The maximum absolute atomic E-state index is 13.8. The number of nitrogens with zero attached hydrogens (tertiary/aromatic N) is 6. The third-order valence-electron chi connectivity index (χ3n) is 20.6. The Morgan fingerprint density at radius 2 is 0.519 bits per heavy atom. The predicted molar refractivity (Wildman–Crippen MR) is 401 cm³/mol. The van der Waals surface area contributed by atoms with Crippen molar-refractivity contribution in [1.82, 2.24) is 29.4 Å². The third kappa shape index (κ3) is 13.8. The molecule has 0 saturated heterocycles. The van der Waals surface area contributed by atoms with Gasteiger partial charge in [0.25, 0.3) is 47.3 Å². The maximum atomic E-state index is 13.8. The summed E-state index contributed by atoms with van der Waals surface area (Å²) in [5, 5.41) is 39.4. The Morgan fingerprint density at radius 1 is 0.346 bits per heavy atom. The lowest BCUT2D eigenvalue weighted by Crippen LogP contribution is -3.12. The van der Waals surface area contributed by atoms with E-state index in [9.17, 15) is 43.2 Å². The van der Waals surface area contributed by atoms with Crippen LogP contribution in [0.3, 0.4) is 0 Å². The number of likely N-dealkylation sites (N-methyl/N-ethyl adjacent to an activating group) is 4. The van der Waals surface area contributed by atoms with Gasteiger partial charge in [-0.2, -0.15) is 0 Å². The molecule has 10 aromatic rings. The van der Waals surface area contributed by atoms with Crippen molar-refractivity contribution in [3.63, 3.8) is 0 Å². The average molecular weight is 1410 g/mol. The van der Waals surface area contributed by atoms with Crippen LogP contribution in [0.5, 0.6) is 0 Å². The van der Waals surface area contributed by atoms with Crippen LogP contribution in [-0.4, -0.2) is 204 Å². The molecule has 22 heteroatoms. The van der Waals surface area contributed by atoms with Crippen molar-refractivity contribution in [3.05, 3.63) is 180 Å². The van der Waals surface area contributed by atoms with Crippen molar-refractivity contribution in [2.75, 3.05) is 105 Å². The molecule has 0 radical (unpaired) electrons. The molecule has 0 aromatic heterocycles. The topological polar surface area (TPSA) is 282 Å². The minimum atomic E-state index is -1.23. The van der Waals surface area contributed by atoms with Crippen molar-refractivity contribution >= 4 is 151 Å². The Labute approximate surface area is 602 Å². The van der Waals surface area contributed by atoms with Crippen LogP contribution in [0.25, 0.3) is 86.2 Å². The predicted octanol–water partition coefficient (Wildman–Crippen LogP) is 7.13. The number of imide groups is 4. The Hall–Kier alpha value is -11.2. The largest absolute Gasteiger partial charge is 0.545 e. The van der Waals surface area contributed by atoms with E-state index in [1.54, 1.807) is 0 Å². The molecule has 0 unspecified atom stereocenters. The van der Waals surface area contributed by atoms with Crippen LogP contribution in [0.15, 0.2) is 135 Å². The van der Waals surface area contributed by atoms with Crippen molar-refractivity contribution in [1.29, 1.82) is 0 Å². The van der Waals surface area contributed by atoms with E-state index in [0.717, 1.165) is 135 Å². The number of quaternary nitrogens is 2. The molecule has 4 heterocycles. The van der Waals surface area contributed by atoms with Gasteiger partial charge in [-0.1, -0.05) is 103 Å². The number of carboxylic acid groups (broad SMARTS) is 3. The number of carboxylic acids is 3. The van der Waals surface area contributed by atoms with E-state index in [2.05, 4.69) is 84.9 Å². The molecule has 10 aromatic carbocycles. The van der Waals surface area contributed by atoms with Crippen LogP contribution >= 0.6 is 0 Å².